The largest absolute Gasteiger partial charge is 0.483 e. The number of fused-ring (bicyclic) bond motifs is 1. The number of halogens is 1. The highest BCUT2D eigenvalue weighted by Crippen LogP contribution is 2.48. The van der Waals surface area contributed by atoms with Crippen molar-refractivity contribution < 1.29 is 18.7 Å². The van der Waals surface area contributed by atoms with Gasteiger partial charge in [0.1, 0.15) is 16.9 Å². The molecule has 1 saturated carbocycles. The van der Waals surface area contributed by atoms with E-state index in [0.29, 0.717) is 22.2 Å². The van der Waals surface area contributed by atoms with E-state index in [9.17, 15) is 14.0 Å². The van der Waals surface area contributed by atoms with Gasteiger partial charge in [-0.2, -0.15) is 0 Å². The van der Waals surface area contributed by atoms with Crippen molar-refractivity contribution in [2.45, 2.75) is 58.1 Å². The minimum Gasteiger partial charge on any atom is -0.483 e. The van der Waals surface area contributed by atoms with Crippen molar-refractivity contribution >= 4 is 28.2 Å². The molecule has 162 valence electrons. The number of carbonyl (C=O) groups is 2. The number of ketones is 1. The molecule has 1 amide bonds. The highest BCUT2D eigenvalue weighted by molar-refractivity contribution is 7.15. The third-order valence-corrected chi connectivity index (χ3v) is 7.14. The molecule has 1 aliphatic carbocycles. The van der Waals surface area contributed by atoms with Crippen LogP contribution in [0.15, 0.2) is 35.6 Å². The first kappa shape index (κ1) is 20.3. The molecule has 6 nitrogen and oxygen atoms in total. The van der Waals surface area contributed by atoms with Gasteiger partial charge in [-0.15, -0.1) is 10.2 Å². The third kappa shape index (κ3) is 3.46. The van der Waals surface area contributed by atoms with Gasteiger partial charge in [0, 0.05) is 6.42 Å². The first-order valence-electron chi connectivity index (χ1n) is 10.8. The average Bonchev–Trinajstić information content (AvgIpc) is 3.31. The number of hydrogen-bond donors (Lipinski definition) is 0. The zero-order valence-electron chi connectivity index (χ0n) is 17.5. The molecule has 8 heteroatoms. The van der Waals surface area contributed by atoms with Crippen LogP contribution in [0.1, 0.15) is 56.1 Å². The summed E-state index contributed by atoms with van der Waals surface area (Å²) in [6.07, 6.45) is 4.02. The minimum atomic E-state index is -0.682. The summed E-state index contributed by atoms with van der Waals surface area (Å²) in [4.78, 5) is 28.5. The van der Waals surface area contributed by atoms with E-state index < -0.39 is 6.04 Å². The van der Waals surface area contributed by atoms with Gasteiger partial charge in [-0.25, -0.2) is 4.39 Å². The van der Waals surface area contributed by atoms with Crippen LogP contribution in [-0.2, 0) is 20.7 Å². The molecule has 0 spiro atoms. The Morgan fingerprint density at radius 1 is 1.16 bits per heavy atom. The first-order valence-corrected chi connectivity index (χ1v) is 11.6. The summed E-state index contributed by atoms with van der Waals surface area (Å²) in [6, 6.07) is 5.24. The van der Waals surface area contributed by atoms with Crippen LogP contribution in [-0.4, -0.2) is 28.0 Å². The number of Topliss-reactive ketones (excluding diaryl/α,β-unsaturated/α-hetero) is 1. The maximum absolute atomic E-state index is 13.6. The number of rotatable bonds is 4. The van der Waals surface area contributed by atoms with Crippen molar-refractivity contribution in [3.63, 3.8) is 0 Å². The number of ether oxygens (including phenoxy) is 1. The zero-order valence-corrected chi connectivity index (χ0v) is 18.3. The lowest BCUT2D eigenvalue weighted by Crippen LogP contribution is -2.39. The Morgan fingerprint density at radius 2 is 1.90 bits per heavy atom. The van der Waals surface area contributed by atoms with Gasteiger partial charge in [0.2, 0.25) is 5.13 Å². The van der Waals surface area contributed by atoms with E-state index in [-0.39, 0.29) is 35.3 Å². The van der Waals surface area contributed by atoms with Gasteiger partial charge >= 0.3 is 0 Å². The molecule has 31 heavy (non-hydrogen) atoms. The Labute approximate surface area is 184 Å². The quantitative estimate of drug-likeness (QED) is 0.704. The minimum absolute atomic E-state index is 0.0250. The van der Waals surface area contributed by atoms with E-state index >= 15 is 0 Å². The number of aromatic nitrogens is 2. The van der Waals surface area contributed by atoms with Crippen LogP contribution in [0.4, 0.5) is 9.52 Å². The molecular weight excluding hydrogens is 417 g/mol. The fraction of sp³-hybridized carbons (Fsp3) is 0.478. The number of benzene rings is 1. The summed E-state index contributed by atoms with van der Waals surface area (Å²) in [5.74, 6) is -0.459. The molecule has 0 bridgehead atoms. The van der Waals surface area contributed by atoms with E-state index in [1.54, 1.807) is 12.1 Å². The van der Waals surface area contributed by atoms with Gasteiger partial charge in [0.15, 0.2) is 11.5 Å². The van der Waals surface area contributed by atoms with Gasteiger partial charge in [-0.05, 0) is 42.9 Å². The number of amides is 1. The summed E-state index contributed by atoms with van der Waals surface area (Å²) in [5, 5.41) is 9.80. The maximum atomic E-state index is 13.6. The van der Waals surface area contributed by atoms with Gasteiger partial charge < -0.3 is 4.74 Å². The molecule has 5 rings (SSSR count). The van der Waals surface area contributed by atoms with Crippen molar-refractivity contribution in [2.24, 2.45) is 11.8 Å². The van der Waals surface area contributed by atoms with Crippen LogP contribution >= 0.6 is 11.3 Å². The molecule has 3 aliphatic rings. The number of nitrogens with zero attached hydrogens (tertiary/aromatic N) is 3. The Hall–Kier alpha value is -2.61. The first-order chi connectivity index (χ1) is 14.9. The van der Waals surface area contributed by atoms with Crippen molar-refractivity contribution in [3.8, 4) is 0 Å². The summed E-state index contributed by atoms with van der Waals surface area (Å²) >= 11 is 1.35. The Kier molecular flexibility index (Phi) is 5.12. The topological polar surface area (TPSA) is 72.4 Å². The molecule has 0 radical (unpaired) electrons. The molecule has 2 aromatic rings. The van der Waals surface area contributed by atoms with E-state index in [1.807, 2.05) is 0 Å². The Bertz CT molecular complexity index is 1060. The normalized spacial score (nSPS) is 25.7. The molecule has 3 unspecified atom stereocenters. The summed E-state index contributed by atoms with van der Waals surface area (Å²) in [7, 11) is 0. The van der Waals surface area contributed by atoms with Crippen molar-refractivity contribution in [1.29, 1.82) is 0 Å². The highest BCUT2D eigenvalue weighted by atomic mass is 32.1. The van der Waals surface area contributed by atoms with Crippen LogP contribution in [0.25, 0.3) is 0 Å². The number of carbonyl (C=O) groups excluding carboxylic acids is 2. The van der Waals surface area contributed by atoms with Crippen molar-refractivity contribution in [1.82, 2.24) is 10.2 Å². The predicted molar refractivity (Wildman–Crippen MR) is 114 cm³/mol. The van der Waals surface area contributed by atoms with Crippen LogP contribution in [0.5, 0.6) is 0 Å². The molecule has 1 aromatic heterocycles. The molecule has 3 atom stereocenters. The third-order valence-electron chi connectivity index (χ3n) is 6.19. The lowest BCUT2D eigenvalue weighted by atomic mass is 9.77. The van der Waals surface area contributed by atoms with Crippen LogP contribution in [0, 0.1) is 17.7 Å². The van der Waals surface area contributed by atoms with Gasteiger partial charge in [-0.1, -0.05) is 43.7 Å². The number of hydrogen-bond acceptors (Lipinski definition) is 6. The molecule has 1 aromatic carbocycles. The van der Waals surface area contributed by atoms with Gasteiger partial charge in [0.25, 0.3) is 5.91 Å². The standard InChI is InChI=1S/C23H24FN3O3S/c1-12(2)11-17-25-26-23(31-17)27-19(13-7-9-14(24)10-8-13)18-20(28)15-5-3-4-6-16(15)30-21(18)22(27)29/h7-10,12,15-16,19H,3-6,11H2,1-2H3. The summed E-state index contributed by atoms with van der Waals surface area (Å²) in [6.45, 7) is 4.19. The summed E-state index contributed by atoms with van der Waals surface area (Å²) < 4.78 is 19.8. The van der Waals surface area contributed by atoms with Gasteiger partial charge in [0.05, 0.1) is 17.5 Å². The van der Waals surface area contributed by atoms with Crippen molar-refractivity contribution in [2.75, 3.05) is 4.90 Å². The van der Waals surface area contributed by atoms with E-state index in [2.05, 4.69) is 24.0 Å². The monoisotopic (exact) mass is 441 g/mol. The molecule has 0 saturated heterocycles. The second-order valence-electron chi connectivity index (χ2n) is 8.86. The lowest BCUT2D eigenvalue weighted by molar-refractivity contribution is -0.131. The van der Waals surface area contributed by atoms with E-state index in [1.165, 1.54) is 28.4 Å². The maximum Gasteiger partial charge on any atom is 0.296 e. The van der Waals surface area contributed by atoms with Crippen LogP contribution in [0.2, 0.25) is 0 Å². The Morgan fingerprint density at radius 3 is 2.65 bits per heavy atom. The molecule has 2 aliphatic heterocycles. The lowest BCUT2D eigenvalue weighted by Gasteiger charge is -2.35. The highest BCUT2D eigenvalue weighted by Gasteiger charge is 2.53. The smallest absolute Gasteiger partial charge is 0.296 e. The van der Waals surface area contributed by atoms with Crippen LogP contribution < -0.4 is 4.90 Å². The molecular formula is C23H24FN3O3S. The fourth-order valence-corrected chi connectivity index (χ4v) is 5.85. The van der Waals surface area contributed by atoms with E-state index in [0.717, 1.165) is 37.1 Å². The summed E-state index contributed by atoms with van der Waals surface area (Å²) in [5.41, 5.74) is 1.03. The second-order valence-corrected chi connectivity index (χ2v) is 9.90. The Balaban J connectivity index is 1.60. The fourth-order valence-electron chi connectivity index (χ4n) is 4.78. The van der Waals surface area contributed by atoms with E-state index in [4.69, 9.17) is 4.74 Å². The van der Waals surface area contributed by atoms with Crippen LogP contribution in [0.3, 0.4) is 0 Å². The van der Waals surface area contributed by atoms with Crippen molar-refractivity contribution in [3.05, 3.63) is 52.0 Å². The average molecular weight is 442 g/mol. The SMILES string of the molecule is CC(C)Cc1nnc(N2C(=O)C3=C(C(=O)C4CCCCC4O3)C2c2ccc(F)cc2)s1. The molecule has 3 heterocycles. The zero-order chi connectivity index (χ0) is 21.7. The van der Waals surface area contributed by atoms with Gasteiger partial charge in [-0.3, -0.25) is 14.5 Å². The number of anilines is 1. The second kappa shape index (κ2) is 7.82. The molecule has 0 N–H and O–H groups in total. The predicted octanol–water partition coefficient (Wildman–Crippen LogP) is 4.38. The molecule has 1 fully saturated rings.